The number of nitrogens with one attached hydrogen (secondary N) is 1. The zero-order chi connectivity index (χ0) is 14.7. The molecule has 1 heterocycles. The first-order valence-electron chi connectivity index (χ1n) is 7.41. The maximum atomic E-state index is 6.06. The largest absolute Gasteiger partial charge is 0.314 e. The number of thiophene rings is 1. The van der Waals surface area contributed by atoms with Gasteiger partial charge in [-0.25, -0.2) is 0 Å². The normalized spacial score (nSPS) is 16.1. The van der Waals surface area contributed by atoms with Crippen molar-refractivity contribution in [3.05, 3.63) is 55.6 Å². The van der Waals surface area contributed by atoms with Gasteiger partial charge in [0.15, 0.2) is 0 Å². The Hall–Kier alpha value is -0.350. The molecule has 0 saturated heterocycles. The minimum absolute atomic E-state index is 0.626. The zero-order valence-corrected chi connectivity index (χ0v) is 15.0. The SMILES string of the molecule is Clc1ccc(CC(CNC2CC2)Cc2ccc(Br)cc2)s1. The van der Waals surface area contributed by atoms with Crippen LogP contribution in [-0.2, 0) is 12.8 Å². The highest BCUT2D eigenvalue weighted by atomic mass is 79.9. The molecule has 1 aromatic carbocycles. The molecular weight excluding hydrogens is 366 g/mol. The molecule has 0 radical (unpaired) electrons. The van der Waals surface area contributed by atoms with Gasteiger partial charge in [-0.1, -0.05) is 39.7 Å². The summed E-state index contributed by atoms with van der Waals surface area (Å²) >= 11 is 11.3. The average molecular weight is 385 g/mol. The van der Waals surface area contributed by atoms with Gasteiger partial charge in [-0.2, -0.15) is 0 Å². The van der Waals surface area contributed by atoms with Crippen molar-refractivity contribution in [2.75, 3.05) is 6.54 Å². The van der Waals surface area contributed by atoms with Crippen LogP contribution >= 0.6 is 38.9 Å². The van der Waals surface area contributed by atoms with Crippen molar-refractivity contribution in [3.63, 3.8) is 0 Å². The van der Waals surface area contributed by atoms with Crippen molar-refractivity contribution in [1.82, 2.24) is 5.32 Å². The van der Waals surface area contributed by atoms with Gasteiger partial charge in [0.25, 0.3) is 0 Å². The molecule has 1 N–H and O–H groups in total. The maximum Gasteiger partial charge on any atom is 0.0931 e. The highest BCUT2D eigenvalue weighted by Crippen LogP contribution is 2.26. The monoisotopic (exact) mass is 383 g/mol. The molecule has 4 heteroatoms. The molecule has 0 spiro atoms. The molecule has 1 aliphatic carbocycles. The van der Waals surface area contributed by atoms with E-state index in [4.69, 9.17) is 11.6 Å². The first-order chi connectivity index (χ1) is 10.2. The lowest BCUT2D eigenvalue weighted by molar-refractivity contribution is 0.471. The van der Waals surface area contributed by atoms with E-state index in [-0.39, 0.29) is 0 Å². The van der Waals surface area contributed by atoms with Crippen LogP contribution in [-0.4, -0.2) is 12.6 Å². The second-order valence-electron chi connectivity index (χ2n) is 5.79. The van der Waals surface area contributed by atoms with E-state index in [1.165, 1.54) is 23.3 Å². The molecule has 21 heavy (non-hydrogen) atoms. The predicted molar refractivity (Wildman–Crippen MR) is 95.4 cm³/mol. The molecule has 1 aliphatic rings. The molecule has 1 unspecified atom stereocenters. The van der Waals surface area contributed by atoms with Gasteiger partial charge in [0.2, 0.25) is 0 Å². The van der Waals surface area contributed by atoms with Gasteiger partial charge < -0.3 is 5.32 Å². The van der Waals surface area contributed by atoms with Crippen LogP contribution < -0.4 is 5.32 Å². The third-order valence-corrected chi connectivity index (χ3v) is 5.61. The first kappa shape index (κ1) is 15.5. The minimum Gasteiger partial charge on any atom is -0.314 e. The van der Waals surface area contributed by atoms with E-state index in [1.54, 1.807) is 11.3 Å². The number of benzene rings is 1. The molecule has 1 aromatic heterocycles. The summed E-state index contributed by atoms with van der Waals surface area (Å²) in [5, 5.41) is 3.68. The van der Waals surface area contributed by atoms with Crippen LogP contribution in [0.1, 0.15) is 23.3 Å². The van der Waals surface area contributed by atoms with Crippen molar-refractivity contribution in [3.8, 4) is 0 Å². The standard InChI is InChI=1S/C17H19BrClNS/c18-14-3-1-12(2-4-14)9-13(11-20-15-5-6-15)10-16-7-8-17(19)21-16/h1-4,7-8,13,15,20H,5-6,9-11H2. The lowest BCUT2D eigenvalue weighted by Gasteiger charge is -2.17. The van der Waals surface area contributed by atoms with E-state index in [2.05, 4.69) is 51.6 Å². The van der Waals surface area contributed by atoms with Crippen LogP contribution in [0.4, 0.5) is 0 Å². The highest BCUT2D eigenvalue weighted by molar-refractivity contribution is 9.10. The molecule has 0 bridgehead atoms. The fourth-order valence-corrected chi connectivity index (χ4v) is 4.00. The molecule has 1 saturated carbocycles. The van der Waals surface area contributed by atoms with Crippen LogP contribution in [0.5, 0.6) is 0 Å². The molecule has 112 valence electrons. The van der Waals surface area contributed by atoms with Crippen molar-refractivity contribution < 1.29 is 0 Å². The van der Waals surface area contributed by atoms with Gasteiger partial charge >= 0.3 is 0 Å². The summed E-state index contributed by atoms with van der Waals surface area (Å²) < 4.78 is 2.03. The van der Waals surface area contributed by atoms with E-state index in [0.29, 0.717) is 5.92 Å². The fraction of sp³-hybridized carbons (Fsp3) is 0.412. The Morgan fingerprint density at radius 3 is 2.52 bits per heavy atom. The lowest BCUT2D eigenvalue weighted by atomic mass is 9.95. The molecule has 3 rings (SSSR count). The van der Waals surface area contributed by atoms with Crippen molar-refractivity contribution in [1.29, 1.82) is 0 Å². The van der Waals surface area contributed by atoms with Gasteiger partial charge in [-0.15, -0.1) is 11.3 Å². The Kier molecular flexibility index (Phi) is 5.38. The summed E-state index contributed by atoms with van der Waals surface area (Å²) in [7, 11) is 0. The third kappa shape index (κ3) is 5.10. The first-order valence-corrected chi connectivity index (χ1v) is 9.40. The summed E-state index contributed by atoms with van der Waals surface area (Å²) in [6.07, 6.45) is 4.90. The molecule has 0 amide bonds. The minimum atomic E-state index is 0.626. The Bertz CT molecular complexity index is 577. The Morgan fingerprint density at radius 1 is 1.14 bits per heavy atom. The number of hydrogen-bond donors (Lipinski definition) is 1. The second-order valence-corrected chi connectivity index (χ2v) is 8.50. The van der Waals surface area contributed by atoms with Crippen molar-refractivity contribution >= 4 is 38.9 Å². The van der Waals surface area contributed by atoms with Gasteiger partial charge in [-0.05, 0) is 68.0 Å². The third-order valence-electron chi connectivity index (χ3n) is 3.83. The summed E-state index contributed by atoms with van der Waals surface area (Å²) in [5.41, 5.74) is 1.41. The lowest BCUT2D eigenvalue weighted by Crippen LogP contribution is -2.27. The van der Waals surface area contributed by atoms with Gasteiger partial charge in [0, 0.05) is 15.4 Å². The summed E-state index contributed by atoms with van der Waals surface area (Å²) in [6.45, 7) is 1.09. The summed E-state index contributed by atoms with van der Waals surface area (Å²) in [6, 6.07) is 13.6. The average Bonchev–Trinajstić information content (AvgIpc) is 3.21. The van der Waals surface area contributed by atoms with Crippen molar-refractivity contribution in [2.45, 2.75) is 31.7 Å². The second kappa shape index (κ2) is 7.28. The van der Waals surface area contributed by atoms with E-state index in [9.17, 15) is 0 Å². The molecule has 1 fully saturated rings. The van der Waals surface area contributed by atoms with Gasteiger partial charge in [0.05, 0.1) is 4.34 Å². The van der Waals surface area contributed by atoms with Crippen LogP contribution in [0.15, 0.2) is 40.9 Å². The topological polar surface area (TPSA) is 12.0 Å². The van der Waals surface area contributed by atoms with E-state index in [1.807, 2.05) is 6.07 Å². The van der Waals surface area contributed by atoms with Crippen LogP contribution in [0.25, 0.3) is 0 Å². The summed E-state index contributed by atoms with van der Waals surface area (Å²) in [5.74, 6) is 0.626. The Labute approximate surface area is 143 Å². The quantitative estimate of drug-likeness (QED) is 0.681. The van der Waals surface area contributed by atoms with Crippen LogP contribution in [0.3, 0.4) is 0 Å². The predicted octanol–water partition coefficient (Wildman–Crippen LogP) is 5.32. The van der Waals surface area contributed by atoms with Crippen molar-refractivity contribution in [2.24, 2.45) is 5.92 Å². The zero-order valence-electron chi connectivity index (χ0n) is 11.8. The molecular formula is C17H19BrClNS. The maximum absolute atomic E-state index is 6.06. The molecule has 1 atom stereocenters. The van der Waals surface area contributed by atoms with Gasteiger partial charge in [0.1, 0.15) is 0 Å². The summed E-state index contributed by atoms with van der Waals surface area (Å²) in [4.78, 5) is 1.39. The van der Waals surface area contributed by atoms with E-state index in [0.717, 1.165) is 34.2 Å². The number of hydrogen-bond acceptors (Lipinski definition) is 2. The molecule has 2 aromatic rings. The smallest absolute Gasteiger partial charge is 0.0931 e. The molecule has 1 nitrogen and oxygen atoms in total. The molecule has 0 aliphatic heterocycles. The van der Waals surface area contributed by atoms with Crippen LogP contribution in [0, 0.1) is 5.92 Å². The number of halogens is 2. The van der Waals surface area contributed by atoms with E-state index < -0.39 is 0 Å². The highest BCUT2D eigenvalue weighted by Gasteiger charge is 2.22. The number of rotatable bonds is 7. The van der Waals surface area contributed by atoms with E-state index >= 15 is 0 Å². The van der Waals surface area contributed by atoms with Gasteiger partial charge in [-0.3, -0.25) is 0 Å². The van der Waals surface area contributed by atoms with Crippen LogP contribution in [0.2, 0.25) is 4.34 Å². The Balaban J connectivity index is 1.63. The fourth-order valence-electron chi connectivity index (χ4n) is 2.54. The Morgan fingerprint density at radius 2 is 1.90 bits per heavy atom.